The van der Waals surface area contributed by atoms with Crippen molar-refractivity contribution in [1.29, 1.82) is 0 Å². The quantitative estimate of drug-likeness (QED) is 0.675. The number of nitrogens with zero attached hydrogens (tertiary/aromatic N) is 4. The molecule has 72 valence electrons. The Hall–Kier alpha value is -0.970. The maximum atomic E-state index is 4.22. The summed E-state index contributed by atoms with van der Waals surface area (Å²) < 4.78 is 0. The molecule has 0 aliphatic carbocycles. The van der Waals surface area contributed by atoms with Gasteiger partial charge in [0, 0.05) is 0 Å². The van der Waals surface area contributed by atoms with E-state index >= 15 is 0 Å². The first-order chi connectivity index (χ1) is 6.27. The van der Waals surface area contributed by atoms with Gasteiger partial charge in [0.25, 0.3) is 0 Å². The maximum Gasteiger partial charge on any atom is 0.191 e. The molecule has 1 aliphatic heterocycles. The number of hydrogen-bond acceptors (Lipinski definition) is 4. The normalized spacial score (nSPS) is 29.1. The van der Waals surface area contributed by atoms with E-state index in [1.807, 2.05) is 0 Å². The molecule has 13 heavy (non-hydrogen) atoms. The Bertz CT molecular complexity index is 282. The van der Waals surface area contributed by atoms with Crippen LogP contribution in [0.1, 0.15) is 31.6 Å². The topological polar surface area (TPSA) is 55.6 Å². The summed E-state index contributed by atoms with van der Waals surface area (Å²) >= 11 is 0. The first-order valence-corrected chi connectivity index (χ1v) is 4.74. The molecule has 0 radical (unpaired) electrons. The van der Waals surface area contributed by atoms with Gasteiger partial charge in [-0.25, -0.2) is 0 Å². The van der Waals surface area contributed by atoms with Crippen LogP contribution in [0.15, 0.2) is 0 Å². The minimum atomic E-state index is 0.294. The van der Waals surface area contributed by atoms with E-state index in [9.17, 15) is 0 Å². The molecule has 0 spiro atoms. The van der Waals surface area contributed by atoms with Gasteiger partial charge in [-0.1, -0.05) is 6.92 Å². The van der Waals surface area contributed by atoms with Crippen LogP contribution in [-0.2, 0) is 7.05 Å². The fraction of sp³-hybridized carbons (Fsp3) is 0.875. The maximum absolute atomic E-state index is 4.22. The van der Waals surface area contributed by atoms with Gasteiger partial charge in [0.05, 0.1) is 13.1 Å². The van der Waals surface area contributed by atoms with Gasteiger partial charge in [-0.3, -0.25) is 0 Å². The zero-order chi connectivity index (χ0) is 9.26. The number of nitrogens with one attached hydrogen (secondary N) is 1. The molecule has 2 atom stereocenters. The summed E-state index contributed by atoms with van der Waals surface area (Å²) in [6, 6.07) is 0.294. The lowest BCUT2D eigenvalue weighted by Gasteiger charge is -2.27. The highest BCUT2D eigenvalue weighted by molar-refractivity contribution is 4.94. The molecule has 0 aromatic carbocycles. The molecule has 1 N–H and O–H groups in total. The summed E-state index contributed by atoms with van der Waals surface area (Å²) in [5.74, 6) is 1.44. The van der Waals surface area contributed by atoms with Gasteiger partial charge in [0.2, 0.25) is 0 Å². The summed E-state index contributed by atoms with van der Waals surface area (Å²) in [6.07, 6.45) is 2.49. The Balaban J connectivity index is 2.14. The summed E-state index contributed by atoms with van der Waals surface area (Å²) in [6.45, 7) is 3.29. The molecule has 2 rings (SSSR count). The van der Waals surface area contributed by atoms with E-state index in [1.165, 1.54) is 17.6 Å². The molecule has 1 aromatic rings. The molecule has 1 fully saturated rings. The van der Waals surface area contributed by atoms with Crippen molar-refractivity contribution in [2.75, 3.05) is 6.54 Å². The minimum Gasteiger partial charge on any atom is -0.307 e. The van der Waals surface area contributed by atoms with Crippen LogP contribution in [0, 0.1) is 5.92 Å². The summed E-state index contributed by atoms with van der Waals surface area (Å²) in [5, 5.41) is 15.5. The lowest BCUT2D eigenvalue weighted by Crippen LogP contribution is -2.33. The van der Waals surface area contributed by atoms with Crippen molar-refractivity contribution >= 4 is 0 Å². The summed E-state index contributed by atoms with van der Waals surface area (Å²) in [7, 11) is 1.80. The first-order valence-electron chi connectivity index (χ1n) is 4.74. The van der Waals surface area contributed by atoms with Crippen molar-refractivity contribution in [1.82, 2.24) is 25.5 Å². The fourth-order valence-corrected chi connectivity index (χ4v) is 1.82. The summed E-state index contributed by atoms with van der Waals surface area (Å²) in [4.78, 5) is 1.51. The highest BCUT2D eigenvalue weighted by atomic mass is 15.6. The fourth-order valence-electron chi connectivity index (χ4n) is 1.82. The lowest BCUT2D eigenvalue weighted by atomic mass is 9.92. The monoisotopic (exact) mass is 181 g/mol. The Morgan fingerprint density at radius 3 is 3.00 bits per heavy atom. The highest BCUT2D eigenvalue weighted by Gasteiger charge is 2.25. The average molecular weight is 181 g/mol. The van der Waals surface area contributed by atoms with Gasteiger partial charge < -0.3 is 5.32 Å². The number of rotatable bonds is 1. The van der Waals surface area contributed by atoms with Crippen molar-refractivity contribution in [3.8, 4) is 0 Å². The lowest BCUT2D eigenvalue weighted by molar-refractivity contribution is 0.294. The molecule has 1 aliphatic rings. The highest BCUT2D eigenvalue weighted by Crippen LogP contribution is 2.25. The molecular formula is C8H15N5. The second-order valence-electron chi connectivity index (χ2n) is 3.69. The van der Waals surface area contributed by atoms with Crippen molar-refractivity contribution in [2.45, 2.75) is 25.8 Å². The predicted molar refractivity (Wildman–Crippen MR) is 47.9 cm³/mol. The SMILES string of the molecule is CC1CCCNC1c1nnn(C)n1. The van der Waals surface area contributed by atoms with Crippen LogP contribution in [-0.4, -0.2) is 26.8 Å². The van der Waals surface area contributed by atoms with Gasteiger partial charge in [-0.15, -0.1) is 10.2 Å². The second kappa shape index (κ2) is 3.41. The number of piperidine rings is 1. The third-order valence-corrected chi connectivity index (χ3v) is 2.57. The summed E-state index contributed by atoms with van der Waals surface area (Å²) in [5.41, 5.74) is 0. The Labute approximate surface area is 77.5 Å². The van der Waals surface area contributed by atoms with Crippen LogP contribution in [0.25, 0.3) is 0 Å². The van der Waals surface area contributed by atoms with Crippen LogP contribution in [0.2, 0.25) is 0 Å². The van der Waals surface area contributed by atoms with Gasteiger partial charge in [0.1, 0.15) is 0 Å². The Morgan fingerprint density at radius 2 is 2.38 bits per heavy atom. The van der Waals surface area contributed by atoms with Crippen molar-refractivity contribution in [3.05, 3.63) is 5.82 Å². The Morgan fingerprint density at radius 1 is 1.54 bits per heavy atom. The number of aryl methyl sites for hydroxylation is 1. The van der Waals surface area contributed by atoms with Crippen molar-refractivity contribution in [3.63, 3.8) is 0 Å². The zero-order valence-electron chi connectivity index (χ0n) is 8.06. The molecule has 0 bridgehead atoms. The van der Waals surface area contributed by atoms with E-state index in [0.717, 1.165) is 12.4 Å². The Kier molecular flexibility index (Phi) is 2.26. The van der Waals surface area contributed by atoms with Crippen LogP contribution in [0.4, 0.5) is 0 Å². The van der Waals surface area contributed by atoms with E-state index < -0.39 is 0 Å². The van der Waals surface area contributed by atoms with E-state index in [0.29, 0.717) is 12.0 Å². The zero-order valence-corrected chi connectivity index (χ0v) is 8.06. The van der Waals surface area contributed by atoms with Crippen LogP contribution >= 0.6 is 0 Å². The largest absolute Gasteiger partial charge is 0.307 e. The molecule has 2 unspecified atom stereocenters. The van der Waals surface area contributed by atoms with Crippen molar-refractivity contribution < 1.29 is 0 Å². The molecular weight excluding hydrogens is 166 g/mol. The van der Waals surface area contributed by atoms with Gasteiger partial charge in [-0.05, 0) is 30.5 Å². The minimum absolute atomic E-state index is 0.294. The van der Waals surface area contributed by atoms with Gasteiger partial charge in [0.15, 0.2) is 5.82 Å². The van der Waals surface area contributed by atoms with E-state index in [2.05, 4.69) is 27.7 Å². The van der Waals surface area contributed by atoms with Crippen LogP contribution in [0.3, 0.4) is 0 Å². The molecule has 2 heterocycles. The molecule has 1 aromatic heterocycles. The number of aromatic nitrogens is 4. The van der Waals surface area contributed by atoms with Crippen LogP contribution in [0.5, 0.6) is 0 Å². The smallest absolute Gasteiger partial charge is 0.191 e. The van der Waals surface area contributed by atoms with Gasteiger partial charge in [-0.2, -0.15) is 4.80 Å². The number of hydrogen-bond donors (Lipinski definition) is 1. The standard InChI is InChI=1S/C8H15N5/c1-6-4-3-5-9-7(6)8-10-12-13(2)11-8/h6-7,9H,3-5H2,1-2H3. The predicted octanol–water partition coefficient (Wildman–Crippen LogP) is 0.271. The third kappa shape index (κ3) is 1.70. The second-order valence-corrected chi connectivity index (χ2v) is 3.69. The third-order valence-electron chi connectivity index (χ3n) is 2.57. The van der Waals surface area contributed by atoms with E-state index in [-0.39, 0.29) is 0 Å². The first kappa shape index (κ1) is 8.62. The average Bonchev–Trinajstić information content (AvgIpc) is 2.53. The van der Waals surface area contributed by atoms with Gasteiger partial charge >= 0.3 is 0 Å². The molecule has 1 saturated heterocycles. The van der Waals surface area contributed by atoms with Crippen LogP contribution < -0.4 is 5.32 Å². The molecule has 0 amide bonds. The molecule has 5 heteroatoms. The van der Waals surface area contributed by atoms with E-state index in [1.54, 1.807) is 7.05 Å². The van der Waals surface area contributed by atoms with Crippen molar-refractivity contribution in [2.24, 2.45) is 13.0 Å². The molecule has 5 nitrogen and oxygen atoms in total. The molecule has 0 saturated carbocycles. The van der Waals surface area contributed by atoms with E-state index in [4.69, 9.17) is 0 Å². The number of tetrazole rings is 1.